The Labute approximate surface area is 232 Å². The number of rotatable bonds is 8. The maximum atomic E-state index is 13.1. The van der Waals surface area contributed by atoms with Gasteiger partial charge in [0.1, 0.15) is 22.5 Å². The van der Waals surface area contributed by atoms with E-state index in [2.05, 4.69) is 0 Å². The van der Waals surface area contributed by atoms with Gasteiger partial charge in [0.15, 0.2) is 0 Å². The molecule has 8 heteroatoms. The molecule has 0 saturated carbocycles. The number of hydrogen-bond acceptors (Lipinski definition) is 6. The summed E-state index contributed by atoms with van der Waals surface area (Å²) in [5.74, 6) is -0.891. The van der Waals surface area contributed by atoms with E-state index in [0.29, 0.717) is 45.0 Å². The molecule has 0 spiro atoms. The van der Waals surface area contributed by atoms with Gasteiger partial charge in [0.2, 0.25) is 0 Å². The first-order valence-corrected chi connectivity index (χ1v) is 13.2. The molecule has 0 atom stereocenters. The van der Waals surface area contributed by atoms with Crippen LogP contribution in [-0.2, 0) is 9.47 Å². The van der Waals surface area contributed by atoms with Gasteiger partial charge >= 0.3 is 11.9 Å². The number of para-hydroxylation sites is 2. The van der Waals surface area contributed by atoms with E-state index in [1.165, 1.54) is 0 Å². The van der Waals surface area contributed by atoms with Crippen molar-refractivity contribution in [2.45, 2.75) is 27.7 Å². The molecule has 0 aliphatic heterocycles. The highest BCUT2D eigenvalue weighted by atomic mass is 16.5. The fraction of sp³-hybridized carbons (Fsp3) is 0.188. The zero-order chi connectivity index (χ0) is 28.2. The van der Waals surface area contributed by atoms with Gasteiger partial charge in [-0.05, 0) is 58.0 Å². The SMILES string of the molecule is CCOC(=O)c1c(-c2cccc(-c3nn(-c4ccccc4)c(C)c3C(=O)OCC)c2)nn(-c2ccccc2)c1C. The van der Waals surface area contributed by atoms with E-state index in [1.807, 2.05) is 98.8 Å². The molecule has 0 amide bonds. The zero-order valence-corrected chi connectivity index (χ0v) is 22.9. The van der Waals surface area contributed by atoms with Crippen molar-refractivity contribution in [1.82, 2.24) is 19.6 Å². The van der Waals surface area contributed by atoms with Gasteiger partial charge in [-0.2, -0.15) is 10.2 Å². The summed E-state index contributed by atoms with van der Waals surface area (Å²) >= 11 is 0. The first-order valence-electron chi connectivity index (χ1n) is 13.2. The molecule has 5 rings (SSSR count). The summed E-state index contributed by atoms with van der Waals surface area (Å²) in [4.78, 5) is 26.3. The molecular formula is C32H30N4O4. The second-order valence-electron chi connectivity index (χ2n) is 9.13. The molecule has 2 heterocycles. The van der Waals surface area contributed by atoms with Crippen molar-refractivity contribution in [1.29, 1.82) is 0 Å². The molecule has 0 fully saturated rings. The third kappa shape index (κ3) is 4.91. The summed E-state index contributed by atoms with van der Waals surface area (Å²) in [6, 6.07) is 26.8. The Morgan fingerprint density at radius 1 is 0.625 bits per heavy atom. The van der Waals surface area contributed by atoms with E-state index in [1.54, 1.807) is 23.2 Å². The van der Waals surface area contributed by atoms with Gasteiger partial charge in [-0.25, -0.2) is 19.0 Å². The minimum atomic E-state index is -0.445. The molecule has 0 unspecified atom stereocenters. The van der Waals surface area contributed by atoms with Gasteiger partial charge in [0.05, 0.1) is 36.0 Å². The number of ether oxygens (including phenoxy) is 2. The highest BCUT2D eigenvalue weighted by Gasteiger charge is 2.27. The van der Waals surface area contributed by atoms with Gasteiger partial charge < -0.3 is 9.47 Å². The van der Waals surface area contributed by atoms with Crippen LogP contribution < -0.4 is 0 Å². The standard InChI is InChI=1S/C32H30N4O4/c1-5-39-31(37)27-21(3)35(25-16-9-7-10-17-25)33-29(27)23-14-13-15-24(20-23)30-28(32(38)40-6-2)22(4)36(34-30)26-18-11-8-12-19-26/h7-20H,5-6H2,1-4H3. The van der Waals surface area contributed by atoms with E-state index in [9.17, 15) is 9.59 Å². The van der Waals surface area contributed by atoms with Crippen LogP contribution in [0.1, 0.15) is 46.0 Å². The van der Waals surface area contributed by atoms with Gasteiger partial charge in [0.25, 0.3) is 0 Å². The molecule has 0 radical (unpaired) electrons. The van der Waals surface area contributed by atoms with Crippen LogP contribution in [0, 0.1) is 13.8 Å². The fourth-order valence-electron chi connectivity index (χ4n) is 4.76. The lowest BCUT2D eigenvalue weighted by atomic mass is 10.00. The van der Waals surface area contributed by atoms with Gasteiger partial charge in [0, 0.05) is 11.1 Å². The third-order valence-electron chi connectivity index (χ3n) is 6.60. The number of aromatic nitrogens is 4. The minimum absolute atomic E-state index is 0.243. The lowest BCUT2D eigenvalue weighted by Gasteiger charge is -2.07. The third-order valence-corrected chi connectivity index (χ3v) is 6.60. The van der Waals surface area contributed by atoms with Crippen LogP contribution in [0.25, 0.3) is 33.9 Å². The summed E-state index contributed by atoms with van der Waals surface area (Å²) < 4.78 is 14.3. The molecule has 2 aromatic heterocycles. The molecule has 3 aromatic carbocycles. The fourth-order valence-corrected chi connectivity index (χ4v) is 4.76. The van der Waals surface area contributed by atoms with Crippen LogP contribution in [0.15, 0.2) is 84.9 Å². The molecule has 0 bridgehead atoms. The maximum Gasteiger partial charge on any atom is 0.342 e. The normalized spacial score (nSPS) is 10.9. The van der Waals surface area contributed by atoms with Crippen molar-refractivity contribution in [3.05, 3.63) is 107 Å². The molecule has 40 heavy (non-hydrogen) atoms. The molecule has 8 nitrogen and oxygen atoms in total. The first-order chi connectivity index (χ1) is 19.4. The second-order valence-corrected chi connectivity index (χ2v) is 9.13. The van der Waals surface area contributed by atoms with Crippen LogP contribution in [0.4, 0.5) is 0 Å². The van der Waals surface area contributed by atoms with Crippen molar-refractivity contribution < 1.29 is 19.1 Å². The van der Waals surface area contributed by atoms with E-state index >= 15 is 0 Å². The van der Waals surface area contributed by atoms with Gasteiger partial charge in [-0.15, -0.1) is 0 Å². The van der Waals surface area contributed by atoms with Gasteiger partial charge in [-0.1, -0.05) is 54.6 Å². The largest absolute Gasteiger partial charge is 0.462 e. The smallest absolute Gasteiger partial charge is 0.342 e. The predicted octanol–water partition coefficient (Wildman–Crippen LogP) is 6.36. The number of benzene rings is 3. The quantitative estimate of drug-likeness (QED) is 0.215. The topological polar surface area (TPSA) is 88.2 Å². The number of nitrogens with zero attached hydrogens (tertiary/aromatic N) is 4. The molecule has 0 aliphatic rings. The van der Waals surface area contributed by atoms with Crippen molar-refractivity contribution in [3.63, 3.8) is 0 Å². The Balaban J connectivity index is 1.69. The highest BCUT2D eigenvalue weighted by molar-refractivity contribution is 6.00. The van der Waals surface area contributed by atoms with Crippen molar-refractivity contribution >= 4 is 11.9 Å². The summed E-state index contributed by atoms with van der Waals surface area (Å²) in [6.07, 6.45) is 0. The number of carbonyl (C=O) groups excluding carboxylic acids is 2. The summed E-state index contributed by atoms with van der Waals surface area (Å²) in [7, 11) is 0. The minimum Gasteiger partial charge on any atom is -0.462 e. The average molecular weight is 535 g/mol. The lowest BCUT2D eigenvalue weighted by molar-refractivity contribution is 0.0516. The number of esters is 2. The van der Waals surface area contributed by atoms with E-state index < -0.39 is 11.9 Å². The first kappa shape index (κ1) is 26.6. The predicted molar refractivity (Wildman–Crippen MR) is 153 cm³/mol. The molecule has 202 valence electrons. The van der Waals surface area contributed by atoms with E-state index in [0.717, 1.165) is 11.4 Å². The van der Waals surface area contributed by atoms with Crippen molar-refractivity contribution in [2.75, 3.05) is 13.2 Å². The Morgan fingerprint density at radius 3 is 1.40 bits per heavy atom. The zero-order valence-electron chi connectivity index (χ0n) is 22.9. The average Bonchev–Trinajstić information content (AvgIpc) is 3.51. The summed E-state index contributed by atoms with van der Waals surface area (Å²) in [5, 5.41) is 9.69. The highest BCUT2D eigenvalue weighted by Crippen LogP contribution is 2.33. The summed E-state index contributed by atoms with van der Waals surface area (Å²) in [6.45, 7) is 7.74. The number of hydrogen-bond donors (Lipinski definition) is 0. The molecule has 5 aromatic rings. The Hall–Kier alpha value is -4.98. The van der Waals surface area contributed by atoms with Crippen LogP contribution in [0.3, 0.4) is 0 Å². The van der Waals surface area contributed by atoms with E-state index in [4.69, 9.17) is 19.7 Å². The van der Waals surface area contributed by atoms with Crippen LogP contribution >= 0.6 is 0 Å². The Bertz CT molecular complexity index is 1550. The van der Waals surface area contributed by atoms with Gasteiger partial charge in [-0.3, -0.25) is 0 Å². The molecule has 0 aliphatic carbocycles. The van der Waals surface area contributed by atoms with Crippen LogP contribution in [0.5, 0.6) is 0 Å². The van der Waals surface area contributed by atoms with Crippen LogP contribution in [-0.4, -0.2) is 44.7 Å². The van der Waals surface area contributed by atoms with Crippen molar-refractivity contribution in [3.8, 4) is 33.9 Å². The monoisotopic (exact) mass is 534 g/mol. The van der Waals surface area contributed by atoms with Crippen molar-refractivity contribution in [2.24, 2.45) is 0 Å². The second kappa shape index (κ2) is 11.4. The summed E-state index contributed by atoms with van der Waals surface area (Å²) in [5.41, 5.74) is 6.13. The molecular weight excluding hydrogens is 504 g/mol. The Kier molecular flexibility index (Phi) is 7.59. The Morgan fingerprint density at radius 2 is 1.02 bits per heavy atom. The molecule has 0 N–H and O–H groups in total. The maximum absolute atomic E-state index is 13.1. The molecule has 0 saturated heterocycles. The van der Waals surface area contributed by atoms with E-state index in [-0.39, 0.29) is 13.2 Å². The number of carbonyl (C=O) groups is 2. The van der Waals surface area contributed by atoms with Crippen LogP contribution in [0.2, 0.25) is 0 Å². The lowest BCUT2D eigenvalue weighted by Crippen LogP contribution is -2.08.